The average Bonchev–Trinajstić information content (AvgIpc) is 2.20. The monoisotopic (exact) mass is 235 g/mol. The molecule has 2 aromatic rings. The Morgan fingerprint density at radius 2 is 1.77 bits per heavy atom. The van der Waals surface area contributed by atoms with Gasteiger partial charge in [0.1, 0.15) is 0 Å². The van der Waals surface area contributed by atoms with Gasteiger partial charge in [-0.1, -0.05) is 28.1 Å². The summed E-state index contributed by atoms with van der Waals surface area (Å²) in [5.74, 6) is 0.648. The van der Waals surface area contributed by atoms with E-state index < -0.39 is 0 Å². The van der Waals surface area contributed by atoms with Crippen molar-refractivity contribution in [1.29, 1.82) is 0 Å². The summed E-state index contributed by atoms with van der Waals surface area (Å²) in [4.78, 5) is 4.09. The van der Waals surface area contributed by atoms with Gasteiger partial charge in [0.2, 0.25) is 0 Å². The minimum atomic E-state index is 0.648. The van der Waals surface area contributed by atoms with Gasteiger partial charge in [0, 0.05) is 16.2 Å². The molecule has 3 nitrogen and oxygen atoms in total. The smallest absolute Gasteiger partial charge is 0.181 e. The molecule has 1 aromatic carbocycles. The van der Waals surface area contributed by atoms with Crippen LogP contribution >= 0.6 is 15.9 Å². The van der Waals surface area contributed by atoms with Crippen LogP contribution in [0.25, 0.3) is 11.4 Å². The molecule has 0 spiro atoms. The predicted molar refractivity (Wildman–Crippen MR) is 53.0 cm³/mol. The number of benzene rings is 1. The van der Waals surface area contributed by atoms with Gasteiger partial charge in [0.15, 0.2) is 5.82 Å². The molecule has 0 aliphatic rings. The van der Waals surface area contributed by atoms with Gasteiger partial charge in [-0.3, -0.25) is 0 Å². The molecule has 0 saturated carbocycles. The normalized spacial score (nSPS) is 9.92. The van der Waals surface area contributed by atoms with E-state index in [9.17, 15) is 0 Å². The van der Waals surface area contributed by atoms with Crippen LogP contribution in [0.3, 0.4) is 0 Å². The lowest BCUT2D eigenvalue weighted by atomic mass is 10.2. The van der Waals surface area contributed by atoms with Crippen LogP contribution in [0.2, 0.25) is 0 Å². The highest BCUT2D eigenvalue weighted by atomic mass is 79.9. The van der Waals surface area contributed by atoms with Crippen molar-refractivity contribution in [2.75, 3.05) is 0 Å². The molecular weight excluding hydrogens is 230 g/mol. The molecule has 0 radical (unpaired) electrons. The van der Waals surface area contributed by atoms with Gasteiger partial charge >= 0.3 is 0 Å². The Kier molecular flexibility index (Phi) is 2.31. The highest BCUT2D eigenvalue weighted by Crippen LogP contribution is 2.16. The molecule has 13 heavy (non-hydrogen) atoms. The summed E-state index contributed by atoms with van der Waals surface area (Å²) in [6.45, 7) is 0. The van der Waals surface area contributed by atoms with Crippen LogP contribution in [-0.4, -0.2) is 15.2 Å². The van der Waals surface area contributed by atoms with Crippen LogP contribution in [0.5, 0.6) is 0 Å². The molecule has 4 heteroatoms. The summed E-state index contributed by atoms with van der Waals surface area (Å²) in [7, 11) is 0. The summed E-state index contributed by atoms with van der Waals surface area (Å²) in [5.41, 5.74) is 0.969. The predicted octanol–water partition coefficient (Wildman–Crippen LogP) is 2.30. The summed E-state index contributed by atoms with van der Waals surface area (Å²) in [6, 6.07) is 7.79. The van der Waals surface area contributed by atoms with E-state index in [-0.39, 0.29) is 0 Å². The van der Waals surface area contributed by atoms with Gasteiger partial charge in [0.05, 0.1) is 6.20 Å². The number of hydrogen-bond donors (Lipinski definition) is 0. The molecule has 0 atom stereocenters. The molecule has 0 fully saturated rings. The third-order valence-electron chi connectivity index (χ3n) is 1.59. The van der Waals surface area contributed by atoms with Crippen LogP contribution in [0.4, 0.5) is 0 Å². The first-order valence-electron chi connectivity index (χ1n) is 3.76. The van der Waals surface area contributed by atoms with Crippen LogP contribution in [0.15, 0.2) is 41.1 Å². The molecule has 1 aromatic heterocycles. The Labute approximate surface area is 84.0 Å². The summed E-state index contributed by atoms with van der Waals surface area (Å²) >= 11 is 3.36. The molecule has 0 aliphatic carbocycles. The maximum atomic E-state index is 4.09. The number of rotatable bonds is 1. The third kappa shape index (κ3) is 1.89. The second kappa shape index (κ2) is 3.62. The topological polar surface area (TPSA) is 38.7 Å². The zero-order valence-electron chi connectivity index (χ0n) is 6.68. The van der Waals surface area contributed by atoms with Gasteiger partial charge in [-0.15, -0.1) is 5.10 Å². The molecular formula is C9H6BrN3. The highest BCUT2D eigenvalue weighted by Gasteiger charge is 1.98. The number of nitrogens with zero attached hydrogens (tertiary/aromatic N) is 3. The van der Waals surface area contributed by atoms with Gasteiger partial charge in [-0.2, -0.15) is 5.10 Å². The van der Waals surface area contributed by atoms with Crippen molar-refractivity contribution >= 4 is 15.9 Å². The Bertz CT molecular complexity index is 385. The lowest BCUT2D eigenvalue weighted by Crippen LogP contribution is -1.89. The fourth-order valence-electron chi connectivity index (χ4n) is 0.979. The van der Waals surface area contributed by atoms with Crippen molar-refractivity contribution in [2.24, 2.45) is 0 Å². The highest BCUT2D eigenvalue weighted by molar-refractivity contribution is 9.10. The molecule has 0 bridgehead atoms. The molecule has 64 valence electrons. The number of halogens is 1. The molecule has 1 heterocycles. The fraction of sp³-hybridized carbons (Fsp3) is 0. The first-order valence-corrected chi connectivity index (χ1v) is 4.55. The van der Waals surface area contributed by atoms with Crippen LogP contribution in [-0.2, 0) is 0 Å². The molecule has 0 unspecified atom stereocenters. The van der Waals surface area contributed by atoms with Gasteiger partial charge in [0.25, 0.3) is 0 Å². The van der Waals surface area contributed by atoms with Gasteiger partial charge < -0.3 is 0 Å². The van der Waals surface area contributed by atoms with E-state index in [1.807, 2.05) is 24.3 Å². The van der Waals surface area contributed by atoms with E-state index in [1.54, 1.807) is 12.4 Å². The summed E-state index contributed by atoms with van der Waals surface area (Å²) in [5, 5.41) is 7.66. The molecule has 2 rings (SSSR count). The van der Waals surface area contributed by atoms with Gasteiger partial charge in [-0.25, -0.2) is 4.98 Å². The van der Waals surface area contributed by atoms with Crippen molar-refractivity contribution in [2.45, 2.75) is 0 Å². The van der Waals surface area contributed by atoms with Crippen LogP contribution in [0.1, 0.15) is 0 Å². The summed E-state index contributed by atoms with van der Waals surface area (Å²) < 4.78 is 1.04. The Morgan fingerprint density at radius 3 is 2.38 bits per heavy atom. The number of hydrogen-bond acceptors (Lipinski definition) is 3. The fourth-order valence-corrected chi connectivity index (χ4v) is 1.24. The molecule has 0 saturated heterocycles. The van der Waals surface area contributed by atoms with Crippen molar-refractivity contribution in [3.05, 3.63) is 41.1 Å². The standard InChI is InChI=1S/C9H6BrN3/c10-8-3-1-7(2-4-8)9-11-5-6-12-13-9/h1-6H. The Morgan fingerprint density at radius 1 is 1.00 bits per heavy atom. The zero-order chi connectivity index (χ0) is 9.10. The van der Waals surface area contributed by atoms with Crippen molar-refractivity contribution in [3.8, 4) is 11.4 Å². The second-order valence-corrected chi connectivity index (χ2v) is 3.39. The maximum absolute atomic E-state index is 4.09. The number of aromatic nitrogens is 3. The quantitative estimate of drug-likeness (QED) is 0.762. The van der Waals surface area contributed by atoms with E-state index in [1.165, 1.54) is 0 Å². The largest absolute Gasteiger partial charge is 0.233 e. The van der Waals surface area contributed by atoms with E-state index in [0.717, 1.165) is 10.0 Å². The van der Waals surface area contributed by atoms with Crippen LogP contribution < -0.4 is 0 Å². The average molecular weight is 236 g/mol. The van der Waals surface area contributed by atoms with E-state index >= 15 is 0 Å². The molecule has 0 aliphatic heterocycles. The first-order chi connectivity index (χ1) is 6.36. The van der Waals surface area contributed by atoms with Gasteiger partial charge in [-0.05, 0) is 12.1 Å². The van der Waals surface area contributed by atoms with Crippen molar-refractivity contribution < 1.29 is 0 Å². The van der Waals surface area contributed by atoms with Crippen LogP contribution in [0, 0.1) is 0 Å². The van der Waals surface area contributed by atoms with E-state index in [2.05, 4.69) is 31.1 Å². The van der Waals surface area contributed by atoms with Crippen molar-refractivity contribution in [1.82, 2.24) is 15.2 Å². The molecule has 0 amide bonds. The molecule has 0 N–H and O–H groups in total. The summed E-state index contributed by atoms with van der Waals surface area (Å²) in [6.07, 6.45) is 3.19. The lowest BCUT2D eigenvalue weighted by molar-refractivity contribution is 0.980. The van der Waals surface area contributed by atoms with E-state index in [0.29, 0.717) is 5.82 Å². The third-order valence-corrected chi connectivity index (χ3v) is 2.11. The SMILES string of the molecule is Brc1ccc(-c2nccnn2)cc1. The Balaban J connectivity index is 2.42. The first kappa shape index (κ1) is 8.31. The van der Waals surface area contributed by atoms with Crippen molar-refractivity contribution in [3.63, 3.8) is 0 Å². The maximum Gasteiger partial charge on any atom is 0.181 e. The lowest BCUT2D eigenvalue weighted by Gasteiger charge is -1.96. The van der Waals surface area contributed by atoms with E-state index in [4.69, 9.17) is 0 Å². The minimum Gasteiger partial charge on any atom is -0.233 e. The minimum absolute atomic E-state index is 0.648. The Hall–Kier alpha value is -1.29. The zero-order valence-corrected chi connectivity index (χ0v) is 8.27. The second-order valence-electron chi connectivity index (χ2n) is 2.47.